The number of thioether (sulfide) groups is 1. The van der Waals surface area contributed by atoms with Gasteiger partial charge in [0.15, 0.2) is 5.16 Å². The zero-order valence-corrected chi connectivity index (χ0v) is 12.7. The summed E-state index contributed by atoms with van der Waals surface area (Å²) in [5, 5.41) is 1.52. The van der Waals surface area contributed by atoms with Crippen LogP contribution in [0.25, 0.3) is 10.9 Å². The molecule has 0 aliphatic heterocycles. The lowest BCUT2D eigenvalue weighted by atomic mass is 10.2. The molecule has 17 heavy (non-hydrogen) atoms. The first kappa shape index (κ1) is 12.9. The Kier molecular flexibility index (Phi) is 4.09. The maximum atomic E-state index is 12.3. The van der Waals surface area contributed by atoms with E-state index >= 15 is 0 Å². The molecule has 1 aromatic heterocycles. The van der Waals surface area contributed by atoms with Gasteiger partial charge in [-0.25, -0.2) is 4.98 Å². The maximum Gasteiger partial charge on any atom is 0.262 e. The van der Waals surface area contributed by atoms with E-state index in [9.17, 15) is 4.79 Å². The highest BCUT2D eigenvalue weighted by molar-refractivity contribution is 14.1. The van der Waals surface area contributed by atoms with E-state index in [2.05, 4.69) is 34.5 Å². The zero-order chi connectivity index (χ0) is 12.4. The molecule has 0 atom stereocenters. The molecule has 0 spiro atoms. The lowest BCUT2D eigenvalue weighted by Crippen LogP contribution is -2.22. The summed E-state index contributed by atoms with van der Waals surface area (Å²) < 4.78 is 2.81. The maximum absolute atomic E-state index is 12.3. The fraction of sp³-hybridized carbons (Fsp3) is 0.333. The number of rotatable bonds is 3. The number of fused-ring (bicyclic) bond motifs is 1. The van der Waals surface area contributed by atoms with Gasteiger partial charge in [0, 0.05) is 10.1 Å². The van der Waals surface area contributed by atoms with Crippen molar-refractivity contribution in [1.29, 1.82) is 0 Å². The Morgan fingerprint density at radius 3 is 2.82 bits per heavy atom. The molecule has 0 N–H and O–H groups in total. The van der Waals surface area contributed by atoms with E-state index in [0.717, 1.165) is 20.0 Å². The monoisotopic (exact) mass is 360 g/mol. The summed E-state index contributed by atoms with van der Waals surface area (Å²) in [5.41, 5.74) is 0.850. The summed E-state index contributed by atoms with van der Waals surface area (Å²) >= 11 is 3.82. The number of benzene rings is 1. The van der Waals surface area contributed by atoms with Crippen molar-refractivity contribution in [3.63, 3.8) is 0 Å². The molecule has 0 saturated heterocycles. The van der Waals surface area contributed by atoms with Crippen LogP contribution in [0.2, 0.25) is 0 Å². The van der Waals surface area contributed by atoms with E-state index in [-0.39, 0.29) is 5.56 Å². The average molecular weight is 360 g/mol. The van der Waals surface area contributed by atoms with Crippen LogP contribution in [0.1, 0.15) is 13.8 Å². The Morgan fingerprint density at radius 2 is 2.18 bits per heavy atom. The van der Waals surface area contributed by atoms with Gasteiger partial charge in [-0.05, 0) is 53.5 Å². The Morgan fingerprint density at radius 1 is 1.41 bits per heavy atom. The number of aromatic nitrogens is 2. The standard InChI is InChI=1S/C12H13IN2OS/c1-3-15-11(16)9-7-8(13)5-6-10(9)14-12(15)17-4-2/h5-7H,3-4H2,1-2H3. The number of halogens is 1. The molecule has 1 aromatic carbocycles. The van der Waals surface area contributed by atoms with Crippen LogP contribution in [0.5, 0.6) is 0 Å². The Balaban J connectivity index is 2.78. The first-order chi connectivity index (χ1) is 8.17. The van der Waals surface area contributed by atoms with Crippen LogP contribution in [0.15, 0.2) is 28.2 Å². The van der Waals surface area contributed by atoms with Crippen molar-refractivity contribution in [2.45, 2.75) is 25.5 Å². The second-order valence-corrected chi connectivity index (χ2v) is 6.02. The van der Waals surface area contributed by atoms with Gasteiger partial charge in [-0.1, -0.05) is 18.7 Å². The average Bonchev–Trinajstić information content (AvgIpc) is 2.31. The quantitative estimate of drug-likeness (QED) is 0.479. The van der Waals surface area contributed by atoms with Crippen molar-refractivity contribution in [3.8, 4) is 0 Å². The highest BCUT2D eigenvalue weighted by Gasteiger charge is 2.09. The van der Waals surface area contributed by atoms with Gasteiger partial charge in [0.25, 0.3) is 5.56 Å². The topological polar surface area (TPSA) is 34.9 Å². The third-order valence-electron chi connectivity index (χ3n) is 2.47. The third-order valence-corrected chi connectivity index (χ3v) is 4.00. The van der Waals surface area contributed by atoms with E-state index in [4.69, 9.17) is 0 Å². The molecular weight excluding hydrogens is 347 g/mol. The predicted octanol–water partition coefficient (Wildman–Crippen LogP) is 3.13. The van der Waals surface area contributed by atoms with Crippen LogP contribution in [0, 0.1) is 3.57 Å². The van der Waals surface area contributed by atoms with Crippen LogP contribution in [0.3, 0.4) is 0 Å². The van der Waals surface area contributed by atoms with Crippen LogP contribution in [-0.2, 0) is 6.54 Å². The van der Waals surface area contributed by atoms with Gasteiger partial charge in [-0.15, -0.1) is 0 Å². The number of nitrogens with zero attached hydrogens (tertiary/aromatic N) is 2. The van der Waals surface area contributed by atoms with Crippen molar-refractivity contribution >= 4 is 45.3 Å². The van der Waals surface area contributed by atoms with Crippen molar-refractivity contribution in [2.75, 3.05) is 5.75 Å². The van der Waals surface area contributed by atoms with Crippen LogP contribution >= 0.6 is 34.4 Å². The smallest absolute Gasteiger partial charge is 0.262 e. The van der Waals surface area contributed by atoms with Gasteiger partial charge in [0.2, 0.25) is 0 Å². The second kappa shape index (κ2) is 5.39. The Labute approximate surface area is 118 Å². The largest absolute Gasteiger partial charge is 0.287 e. The SMILES string of the molecule is CCSc1nc2ccc(I)cc2c(=O)n1CC. The minimum absolute atomic E-state index is 0.0620. The third kappa shape index (κ3) is 2.49. The van der Waals surface area contributed by atoms with Crippen LogP contribution in [-0.4, -0.2) is 15.3 Å². The van der Waals surface area contributed by atoms with E-state index in [0.29, 0.717) is 11.9 Å². The summed E-state index contributed by atoms with van der Waals surface area (Å²) in [6, 6.07) is 5.79. The molecule has 0 unspecified atom stereocenters. The van der Waals surface area contributed by atoms with Gasteiger partial charge < -0.3 is 0 Å². The van der Waals surface area contributed by atoms with Gasteiger partial charge >= 0.3 is 0 Å². The summed E-state index contributed by atoms with van der Waals surface area (Å²) in [6.45, 7) is 4.70. The van der Waals surface area contributed by atoms with Gasteiger partial charge in [0.1, 0.15) is 0 Å². The van der Waals surface area contributed by atoms with Crippen molar-refractivity contribution in [1.82, 2.24) is 9.55 Å². The zero-order valence-electron chi connectivity index (χ0n) is 9.74. The molecule has 90 valence electrons. The fourth-order valence-electron chi connectivity index (χ4n) is 1.69. The van der Waals surface area contributed by atoms with Gasteiger partial charge in [-0.2, -0.15) is 0 Å². The summed E-state index contributed by atoms with van der Waals surface area (Å²) in [5.74, 6) is 0.919. The summed E-state index contributed by atoms with van der Waals surface area (Å²) in [7, 11) is 0. The van der Waals surface area contributed by atoms with Gasteiger partial charge in [0.05, 0.1) is 10.9 Å². The fourth-order valence-corrected chi connectivity index (χ4v) is 2.97. The molecule has 3 nitrogen and oxygen atoms in total. The number of hydrogen-bond acceptors (Lipinski definition) is 3. The molecule has 0 radical (unpaired) electrons. The lowest BCUT2D eigenvalue weighted by Gasteiger charge is -2.10. The summed E-state index contributed by atoms with van der Waals surface area (Å²) in [6.07, 6.45) is 0. The van der Waals surface area contributed by atoms with E-state index in [1.807, 2.05) is 25.1 Å². The molecule has 5 heteroatoms. The molecule has 0 aliphatic carbocycles. The van der Waals surface area contributed by atoms with Crippen molar-refractivity contribution in [2.24, 2.45) is 0 Å². The predicted molar refractivity (Wildman–Crippen MR) is 80.8 cm³/mol. The first-order valence-corrected chi connectivity index (χ1v) is 7.56. The molecular formula is C12H13IN2OS. The normalized spacial score (nSPS) is 11.0. The highest BCUT2D eigenvalue weighted by atomic mass is 127. The molecule has 1 heterocycles. The lowest BCUT2D eigenvalue weighted by molar-refractivity contribution is 0.634. The Bertz CT molecular complexity index is 609. The van der Waals surface area contributed by atoms with Gasteiger partial charge in [-0.3, -0.25) is 9.36 Å². The molecule has 0 amide bonds. The first-order valence-electron chi connectivity index (χ1n) is 5.50. The minimum atomic E-state index is 0.0620. The minimum Gasteiger partial charge on any atom is -0.287 e. The van der Waals surface area contributed by atoms with E-state index < -0.39 is 0 Å². The molecule has 0 bridgehead atoms. The Hall–Kier alpha value is -0.560. The molecule has 2 rings (SSSR count). The second-order valence-electron chi connectivity index (χ2n) is 3.54. The molecule has 0 fully saturated rings. The van der Waals surface area contributed by atoms with Crippen LogP contribution < -0.4 is 5.56 Å². The van der Waals surface area contributed by atoms with Crippen molar-refractivity contribution in [3.05, 3.63) is 32.1 Å². The van der Waals surface area contributed by atoms with Crippen LogP contribution in [0.4, 0.5) is 0 Å². The molecule has 0 aliphatic rings. The summed E-state index contributed by atoms with van der Waals surface area (Å²) in [4.78, 5) is 16.9. The highest BCUT2D eigenvalue weighted by Crippen LogP contribution is 2.18. The van der Waals surface area contributed by atoms with E-state index in [1.54, 1.807) is 16.3 Å². The van der Waals surface area contributed by atoms with E-state index in [1.165, 1.54) is 0 Å². The number of hydrogen-bond donors (Lipinski definition) is 0. The van der Waals surface area contributed by atoms with Crippen molar-refractivity contribution < 1.29 is 0 Å². The molecule has 0 saturated carbocycles. The molecule has 2 aromatic rings.